The van der Waals surface area contributed by atoms with E-state index in [0.29, 0.717) is 23.7 Å². The molecule has 2 amide bonds. The number of anilines is 2. The summed E-state index contributed by atoms with van der Waals surface area (Å²) in [5, 5.41) is 7.50. The van der Waals surface area contributed by atoms with Crippen molar-refractivity contribution in [1.82, 2.24) is 0 Å². The highest BCUT2D eigenvalue weighted by molar-refractivity contribution is 7.89. The molecule has 1 heterocycles. The first kappa shape index (κ1) is 23.2. The van der Waals surface area contributed by atoms with Crippen molar-refractivity contribution in [2.24, 2.45) is 11.1 Å². The van der Waals surface area contributed by atoms with Crippen molar-refractivity contribution in [2.45, 2.75) is 18.2 Å². The molecule has 0 spiro atoms. The normalized spacial score (nSPS) is 16.0. The number of nitrogens with one attached hydrogen (secondary N) is 1. The third-order valence-electron chi connectivity index (χ3n) is 4.73. The van der Waals surface area contributed by atoms with E-state index in [9.17, 15) is 22.8 Å². The summed E-state index contributed by atoms with van der Waals surface area (Å²) in [7, 11) is -3.83. The van der Waals surface area contributed by atoms with Crippen LogP contribution in [0.2, 0.25) is 0 Å². The number of sulfonamides is 1. The first-order chi connectivity index (χ1) is 15.2. The van der Waals surface area contributed by atoms with Crippen LogP contribution in [0, 0.1) is 5.92 Å². The van der Waals surface area contributed by atoms with E-state index in [1.807, 2.05) is 6.92 Å². The number of primary sulfonamides is 1. The second kappa shape index (κ2) is 9.79. The summed E-state index contributed by atoms with van der Waals surface area (Å²) in [6.07, 6.45) is -0.0112. The molecule has 0 saturated carbocycles. The molecule has 0 aliphatic carbocycles. The topological polar surface area (TPSA) is 145 Å². The summed E-state index contributed by atoms with van der Waals surface area (Å²) in [5.74, 6) is -1.46. The van der Waals surface area contributed by atoms with Gasteiger partial charge in [0.05, 0.1) is 17.4 Å². The zero-order valence-electron chi connectivity index (χ0n) is 17.3. The van der Waals surface area contributed by atoms with Gasteiger partial charge in [-0.1, -0.05) is 0 Å². The van der Waals surface area contributed by atoms with Gasteiger partial charge in [0, 0.05) is 24.3 Å². The van der Waals surface area contributed by atoms with Crippen LogP contribution in [0.1, 0.15) is 13.3 Å². The maximum atomic E-state index is 12.3. The number of benzene rings is 2. The summed E-state index contributed by atoms with van der Waals surface area (Å²) in [6.45, 7) is 2.02. The van der Waals surface area contributed by atoms with Gasteiger partial charge in [0.2, 0.25) is 15.9 Å². The van der Waals surface area contributed by atoms with Crippen LogP contribution in [0.25, 0.3) is 0 Å². The lowest BCUT2D eigenvalue weighted by Crippen LogP contribution is -2.28. The molecule has 1 aliphatic heterocycles. The Labute approximate surface area is 185 Å². The van der Waals surface area contributed by atoms with Gasteiger partial charge in [-0.05, 0) is 55.5 Å². The Kier molecular flexibility index (Phi) is 7.11. The largest absolute Gasteiger partial charge is 0.494 e. The van der Waals surface area contributed by atoms with Crippen LogP contribution in [-0.4, -0.2) is 46.0 Å². The van der Waals surface area contributed by atoms with E-state index < -0.39 is 34.4 Å². The number of nitrogens with two attached hydrogens (primary N) is 1. The molecule has 3 N–H and O–H groups in total. The van der Waals surface area contributed by atoms with E-state index in [1.165, 1.54) is 29.2 Å². The van der Waals surface area contributed by atoms with E-state index in [4.69, 9.17) is 14.6 Å². The quantitative estimate of drug-likeness (QED) is 0.563. The van der Waals surface area contributed by atoms with Gasteiger partial charge in [0.1, 0.15) is 5.75 Å². The lowest BCUT2D eigenvalue weighted by atomic mass is 10.1. The highest BCUT2D eigenvalue weighted by Gasteiger charge is 2.36. The molecule has 10 nitrogen and oxygen atoms in total. The van der Waals surface area contributed by atoms with Gasteiger partial charge in [-0.15, -0.1) is 0 Å². The number of rotatable bonds is 8. The van der Waals surface area contributed by atoms with Crippen LogP contribution in [0.15, 0.2) is 53.4 Å². The number of ether oxygens (including phenoxy) is 2. The Morgan fingerprint density at radius 3 is 2.38 bits per heavy atom. The second-order valence-corrected chi connectivity index (χ2v) is 8.62. The van der Waals surface area contributed by atoms with Crippen molar-refractivity contribution in [3.63, 3.8) is 0 Å². The maximum Gasteiger partial charge on any atom is 0.311 e. The lowest BCUT2D eigenvalue weighted by Gasteiger charge is -2.17. The van der Waals surface area contributed by atoms with Crippen molar-refractivity contribution in [2.75, 3.05) is 30.0 Å². The molecule has 32 heavy (non-hydrogen) atoms. The molecule has 3 rings (SSSR count). The highest BCUT2D eigenvalue weighted by atomic mass is 32.2. The van der Waals surface area contributed by atoms with Gasteiger partial charge in [-0.2, -0.15) is 0 Å². The zero-order chi connectivity index (χ0) is 23.3. The average Bonchev–Trinajstić information content (AvgIpc) is 3.14. The number of hydrogen-bond donors (Lipinski definition) is 2. The molecule has 0 aromatic heterocycles. The molecule has 1 atom stereocenters. The van der Waals surface area contributed by atoms with Crippen LogP contribution < -0.4 is 20.1 Å². The van der Waals surface area contributed by atoms with Crippen LogP contribution in [0.3, 0.4) is 0 Å². The molecular formula is C21H23N3O7S. The van der Waals surface area contributed by atoms with Gasteiger partial charge in [-0.25, -0.2) is 13.6 Å². The van der Waals surface area contributed by atoms with Crippen molar-refractivity contribution < 1.29 is 32.3 Å². The average molecular weight is 461 g/mol. The maximum absolute atomic E-state index is 12.3. The molecular weight excluding hydrogens is 438 g/mol. The minimum atomic E-state index is -3.83. The molecule has 1 saturated heterocycles. The summed E-state index contributed by atoms with van der Waals surface area (Å²) in [4.78, 5) is 38.1. The molecule has 0 bridgehead atoms. The lowest BCUT2D eigenvalue weighted by molar-refractivity contribution is -0.151. The predicted octanol–water partition coefficient (Wildman–Crippen LogP) is 1.27. The minimum absolute atomic E-state index is 0.0112. The first-order valence-corrected chi connectivity index (χ1v) is 11.3. The van der Waals surface area contributed by atoms with Crippen LogP contribution in [0.5, 0.6) is 5.75 Å². The molecule has 1 unspecified atom stereocenters. The number of hydrogen-bond acceptors (Lipinski definition) is 7. The number of amides is 2. The Morgan fingerprint density at radius 1 is 1.12 bits per heavy atom. The smallest absolute Gasteiger partial charge is 0.311 e. The fourth-order valence-corrected chi connectivity index (χ4v) is 3.70. The SMILES string of the molecule is CCOc1ccc(N2CC(C(=O)OCC(=O)Nc3ccc(S(N)(=O)=O)cc3)CC2=O)cc1. The number of carbonyl (C=O) groups is 3. The van der Waals surface area contributed by atoms with Crippen LogP contribution in [-0.2, 0) is 29.1 Å². The molecule has 1 aliphatic rings. The molecule has 0 radical (unpaired) electrons. The van der Waals surface area contributed by atoms with E-state index in [1.54, 1.807) is 24.3 Å². The van der Waals surface area contributed by atoms with E-state index >= 15 is 0 Å². The van der Waals surface area contributed by atoms with Gasteiger partial charge < -0.3 is 19.7 Å². The van der Waals surface area contributed by atoms with Gasteiger partial charge in [0.15, 0.2) is 6.61 Å². The van der Waals surface area contributed by atoms with Gasteiger partial charge >= 0.3 is 5.97 Å². The fourth-order valence-electron chi connectivity index (χ4n) is 3.18. The number of nitrogens with zero attached hydrogens (tertiary/aromatic N) is 1. The van der Waals surface area contributed by atoms with E-state index in [0.717, 1.165) is 0 Å². The Morgan fingerprint density at radius 2 is 1.78 bits per heavy atom. The van der Waals surface area contributed by atoms with Gasteiger partial charge in [0.25, 0.3) is 5.91 Å². The second-order valence-electron chi connectivity index (χ2n) is 7.06. The van der Waals surface area contributed by atoms with Crippen LogP contribution >= 0.6 is 0 Å². The molecule has 2 aromatic carbocycles. The summed E-state index contributed by atoms with van der Waals surface area (Å²) in [5.41, 5.74) is 0.964. The monoisotopic (exact) mass is 461 g/mol. The molecule has 11 heteroatoms. The predicted molar refractivity (Wildman–Crippen MR) is 115 cm³/mol. The fraction of sp³-hybridized carbons (Fsp3) is 0.286. The van der Waals surface area contributed by atoms with Crippen molar-refractivity contribution in [3.05, 3.63) is 48.5 Å². The number of esters is 1. The third kappa shape index (κ3) is 5.83. The summed E-state index contributed by atoms with van der Waals surface area (Å²) in [6, 6.07) is 12.2. The van der Waals surface area contributed by atoms with Crippen molar-refractivity contribution in [1.29, 1.82) is 0 Å². The first-order valence-electron chi connectivity index (χ1n) is 9.80. The molecule has 2 aromatic rings. The zero-order valence-corrected chi connectivity index (χ0v) is 18.1. The molecule has 1 fully saturated rings. The minimum Gasteiger partial charge on any atom is -0.494 e. The Balaban J connectivity index is 1.50. The summed E-state index contributed by atoms with van der Waals surface area (Å²) >= 11 is 0. The van der Waals surface area contributed by atoms with E-state index in [2.05, 4.69) is 5.32 Å². The van der Waals surface area contributed by atoms with Crippen molar-refractivity contribution in [3.8, 4) is 5.75 Å². The highest BCUT2D eigenvalue weighted by Crippen LogP contribution is 2.27. The standard InChI is InChI=1S/C21H23N3O7S/c1-2-30-17-7-5-16(6-8-17)24-12-14(11-20(24)26)21(27)31-13-19(25)23-15-3-9-18(10-4-15)32(22,28)29/h3-10,14H,2,11-13H2,1H3,(H,23,25)(H2,22,28,29). The Bertz CT molecular complexity index is 1100. The van der Waals surface area contributed by atoms with Crippen molar-refractivity contribution >= 4 is 39.2 Å². The van der Waals surface area contributed by atoms with Crippen LogP contribution in [0.4, 0.5) is 11.4 Å². The summed E-state index contributed by atoms with van der Waals surface area (Å²) < 4.78 is 32.9. The molecule has 170 valence electrons. The third-order valence-corrected chi connectivity index (χ3v) is 5.66. The van der Waals surface area contributed by atoms with E-state index in [-0.39, 0.29) is 23.8 Å². The number of carbonyl (C=O) groups excluding carboxylic acids is 3. The van der Waals surface area contributed by atoms with Gasteiger partial charge in [-0.3, -0.25) is 14.4 Å². The Hall–Kier alpha value is -3.44.